The van der Waals surface area contributed by atoms with Crippen molar-refractivity contribution in [3.8, 4) is 5.88 Å². The van der Waals surface area contributed by atoms with Crippen LogP contribution in [0.25, 0.3) is 0 Å². The molecule has 1 N–H and O–H groups in total. The first-order valence-corrected chi connectivity index (χ1v) is 7.42. The van der Waals surface area contributed by atoms with E-state index in [2.05, 4.69) is 30.7 Å². The van der Waals surface area contributed by atoms with E-state index in [1.54, 1.807) is 13.1 Å². The van der Waals surface area contributed by atoms with E-state index in [0.29, 0.717) is 10.3 Å². The van der Waals surface area contributed by atoms with Crippen molar-refractivity contribution in [2.24, 2.45) is 7.05 Å². The molecule has 0 bridgehead atoms. The molecule has 19 heavy (non-hydrogen) atoms. The van der Waals surface area contributed by atoms with Crippen molar-refractivity contribution in [1.82, 2.24) is 14.8 Å². The number of methoxy groups -OCH3 is 1. The van der Waals surface area contributed by atoms with Crippen LogP contribution in [0, 0.1) is 0 Å². The number of aromatic nitrogens is 3. The molecule has 0 fully saturated rings. The molecule has 0 atom stereocenters. The molecule has 2 heterocycles. The second-order valence-corrected chi connectivity index (χ2v) is 6.17. The van der Waals surface area contributed by atoms with Crippen molar-refractivity contribution < 1.29 is 13.2 Å². The molecule has 0 aliphatic heterocycles. The molecule has 102 valence electrons. The van der Waals surface area contributed by atoms with E-state index in [1.807, 2.05) is 0 Å². The Morgan fingerprint density at radius 3 is 2.79 bits per heavy atom. The van der Waals surface area contributed by atoms with Gasteiger partial charge in [-0.05, 0) is 22.0 Å². The first-order valence-electron chi connectivity index (χ1n) is 5.14. The Balaban J connectivity index is 2.45. The van der Waals surface area contributed by atoms with Crippen LogP contribution in [-0.2, 0) is 17.1 Å². The minimum Gasteiger partial charge on any atom is -0.480 e. The molecule has 0 saturated carbocycles. The molecule has 0 aliphatic carbocycles. The van der Waals surface area contributed by atoms with Crippen LogP contribution in [0.5, 0.6) is 5.88 Å². The number of hydrogen-bond donors (Lipinski definition) is 1. The van der Waals surface area contributed by atoms with Gasteiger partial charge < -0.3 is 4.74 Å². The van der Waals surface area contributed by atoms with E-state index in [0.717, 1.165) is 0 Å². The van der Waals surface area contributed by atoms with Gasteiger partial charge in [-0.25, -0.2) is 13.4 Å². The van der Waals surface area contributed by atoms with Gasteiger partial charge in [0, 0.05) is 23.8 Å². The van der Waals surface area contributed by atoms with Gasteiger partial charge in [-0.15, -0.1) is 0 Å². The third-order valence-corrected chi connectivity index (χ3v) is 4.11. The number of nitrogens with zero attached hydrogens (tertiary/aromatic N) is 3. The zero-order valence-corrected chi connectivity index (χ0v) is 12.6. The molecule has 0 aliphatic rings. The van der Waals surface area contributed by atoms with E-state index < -0.39 is 10.0 Å². The third kappa shape index (κ3) is 2.87. The van der Waals surface area contributed by atoms with Crippen LogP contribution in [0.1, 0.15) is 0 Å². The number of pyridine rings is 1. The Morgan fingerprint density at radius 2 is 2.21 bits per heavy atom. The van der Waals surface area contributed by atoms with Crippen molar-refractivity contribution >= 4 is 31.8 Å². The number of halogens is 1. The highest BCUT2D eigenvalue weighted by molar-refractivity contribution is 9.10. The fourth-order valence-electron chi connectivity index (χ4n) is 1.42. The quantitative estimate of drug-likeness (QED) is 0.903. The summed E-state index contributed by atoms with van der Waals surface area (Å²) in [6.07, 6.45) is 2.95. The average molecular weight is 347 g/mol. The summed E-state index contributed by atoms with van der Waals surface area (Å²) in [6.45, 7) is 0. The number of anilines is 1. The summed E-state index contributed by atoms with van der Waals surface area (Å²) in [7, 11) is -0.806. The number of hydrogen-bond acceptors (Lipinski definition) is 5. The van der Waals surface area contributed by atoms with Crippen molar-refractivity contribution in [1.29, 1.82) is 0 Å². The first-order chi connectivity index (χ1) is 8.94. The summed E-state index contributed by atoms with van der Waals surface area (Å²) in [5.41, 5.74) is 0. The lowest BCUT2D eigenvalue weighted by molar-refractivity contribution is 0.385. The predicted octanol–water partition coefficient (Wildman–Crippen LogP) is 1.39. The van der Waals surface area contributed by atoms with E-state index in [4.69, 9.17) is 4.74 Å². The lowest BCUT2D eigenvalue weighted by Gasteiger charge is -2.10. The molecule has 0 aromatic carbocycles. The van der Waals surface area contributed by atoms with Gasteiger partial charge in [0.05, 0.1) is 13.3 Å². The molecular weight excluding hydrogens is 336 g/mol. The van der Waals surface area contributed by atoms with Gasteiger partial charge in [0.15, 0.2) is 4.90 Å². The summed E-state index contributed by atoms with van der Waals surface area (Å²) in [6, 6.07) is 2.97. The van der Waals surface area contributed by atoms with E-state index in [9.17, 15) is 8.42 Å². The third-order valence-electron chi connectivity index (χ3n) is 2.33. The first kappa shape index (κ1) is 13.8. The highest BCUT2D eigenvalue weighted by Crippen LogP contribution is 2.26. The topological polar surface area (TPSA) is 86.1 Å². The number of ether oxygens (including phenoxy) is 1. The smallest absolute Gasteiger partial charge is 0.268 e. The summed E-state index contributed by atoms with van der Waals surface area (Å²) in [5, 5.41) is 3.89. The Labute approximate surface area is 118 Å². The standard InChI is InChI=1S/C10H11BrN4O3S/c1-15-9(3-4-13-15)14-19(16,17)8-5-7(11)6-12-10(8)18-2/h3-6,14H,1-2H3. The van der Waals surface area contributed by atoms with E-state index in [1.165, 1.54) is 30.3 Å². The second kappa shape index (κ2) is 5.17. The molecule has 7 nitrogen and oxygen atoms in total. The Hall–Kier alpha value is -1.61. The number of sulfonamides is 1. The van der Waals surface area contributed by atoms with Gasteiger partial charge >= 0.3 is 0 Å². The number of nitrogens with one attached hydrogen (secondary N) is 1. The van der Waals surface area contributed by atoms with Crippen molar-refractivity contribution in [3.05, 3.63) is 29.0 Å². The van der Waals surface area contributed by atoms with Gasteiger partial charge in [0.25, 0.3) is 10.0 Å². The van der Waals surface area contributed by atoms with Crippen LogP contribution < -0.4 is 9.46 Å². The van der Waals surface area contributed by atoms with Gasteiger partial charge in [0.1, 0.15) is 5.82 Å². The van der Waals surface area contributed by atoms with E-state index in [-0.39, 0.29) is 10.8 Å². The van der Waals surface area contributed by atoms with Crippen LogP contribution in [0.3, 0.4) is 0 Å². The molecule has 2 aromatic heterocycles. The summed E-state index contributed by atoms with van der Waals surface area (Å²) >= 11 is 3.18. The van der Waals surface area contributed by atoms with Crippen LogP contribution >= 0.6 is 15.9 Å². The Kier molecular flexibility index (Phi) is 3.76. The maximum Gasteiger partial charge on any atom is 0.268 e. The normalized spacial score (nSPS) is 11.3. The summed E-state index contributed by atoms with van der Waals surface area (Å²) < 4.78 is 33.9. The fourth-order valence-corrected chi connectivity index (χ4v) is 3.14. The molecule has 0 spiro atoms. The zero-order valence-electron chi connectivity index (χ0n) is 10.2. The maximum absolute atomic E-state index is 12.3. The molecule has 2 aromatic rings. The summed E-state index contributed by atoms with van der Waals surface area (Å²) in [5.74, 6) is 0.375. The zero-order chi connectivity index (χ0) is 14.0. The highest BCUT2D eigenvalue weighted by atomic mass is 79.9. The SMILES string of the molecule is COc1ncc(Br)cc1S(=O)(=O)Nc1ccnn1C. The highest BCUT2D eigenvalue weighted by Gasteiger charge is 2.22. The van der Waals surface area contributed by atoms with E-state index >= 15 is 0 Å². The van der Waals surface area contributed by atoms with Gasteiger partial charge in [0.2, 0.25) is 5.88 Å². The molecule has 0 amide bonds. The number of rotatable bonds is 4. The average Bonchev–Trinajstić information content (AvgIpc) is 2.74. The Bertz CT molecular complexity index is 699. The maximum atomic E-state index is 12.3. The van der Waals surface area contributed by atoms with Crippen LogP contribution in [0.2, 0.25) is 0 Å². The van der Waals surface area contributed by atoms with Crippen molar-refractivity contribution in [2.45, 2.75) is 4.90 Å². The van der Waals surface area contributed by atoms with Crippen LogP contribution in [-0.4, -0.2) is 30.3 Å². The van der Waals surface area contributed by atoms with Crippen molar-refractivity contribution in [2.75, 3.05) is 11.8 Å². The largest absolute Gasteiger partial charge is 0.480 e. The minimum absolute atomic E-state index is 0.0258. The molecule has 0 saturated heterocycles. The fraction of sp³-hybridized carbons (Fsp3) is 0.200. The van der Waals surface area contributed by atoms with Crippen LogP contribution in [0.4, 0.5) is 5.82 Å². The Morgan fingerprint density at radius 1 is 1.47 bits per heavy atom. The molecule has 9 heteroatoms. The van der Waals surface area contributed by atoms with Gasteiger partial charge in [-0.2, -0.15) is 5.10 Å². The van der Waals surface area contributed by atoms with Crippen molar-refractivity contribution in [3.63, 3.8) is 0 Å². The lowest BCUT2D eigenvalue weighted by Crippen LogP contribution is -2.16. The molecule has 2 rings (SSSR count). The monoisotopic (exact) mass is 346 g/mol. The minimum atomic E-state index is -3.80. The molecular formula is C10H11BrN4O3S. The molecule has 0 radical (unpaired) electrons. The number of aryl methyl sites for hydroxylation is 1. The lowest BCUT2D eigenvalue weighted by atomic mass is 10.5. The summed E-state index contributed by atoms with van der Waals surface area (Å²) in [4.78, 5) is 3.85. The predicted molar refractivity (Wildman–Crippen MR) is 72.5 cm³/mol. The van der Waals surface area contributed by atoms with Gasteiger partial charge in [-0.3, -0.25) is 9.40 Å². The second-order valence-electron chi connectivity index (χ2n) is 3.61. The molecule has 0 unspecified atom stereocenters. The van der Waals surface area contributed by atoms with Crippen LogP contribution in [0.15, 0.2) is 33.9 Å². The van der Waals surface area contributed by atoms with Gasteiger partial charge in [-0.1, -0.05) is 0 Å².